The molecular weight excluding hydrogens is 745 g/mol. The van der Waals surface area contributed by atoms with Crippen LogP contribution < -0.4 is 0 Å². The molecule has 15 heteroatoms. The molecule has 1 unspecified atom stereocenters. The van der Waals surface area contributed by atoms with Gasteiger partial charge in [-0.25, -0.2) is 9.59 Å². The number of rotatable bonds is 6. The van der Waals surface area contributed by atoms with Gasteiger partial charge in [-0.3, -0.25) is 4.55 Å². The Bertz CT molecular complexity index is 859. The molecule has 0 aliphatic carbocycles. The van der Waals surface area contributed by atoms with E-state index in [0.29, 0.717) is 10.7 Å². The maximum atomic E-state index is 13.8. The summed E-state index contributed by atoms with van der Waals surface area (Å²) < 4.78 is 91.1. The van der Waals surface area contributed by atoms with E-state index in [2.05, 4.69) is 9.47 Å². The average molecular weight is 752 g/mol. The molecule has 1 atom stereocenters. The van der Waals surface area contributed by atoms with Gasteiger partial charge in [-0.15, -0.1) is 0 Å². The molecule has 0 fully saturated rings. The van der Waals surface area contributed by atoms with Gasteiger partial charge in [0.15, 0.2) is 12.4 Å². The van der Waals surface area contributed by atoms with E-state index in [0.717, 1.165) is 0 Å². The van der Waals surface area contributed by atoms with Crippen LogP contribution in [0.1, 0.15) is 10.4 Å². The second-order valence-corrected chi connectivity index (χ2v) is 9.69. The molecule has 27 heavy (non-hydrogen) atoms. The first-order chi connectivity index (χ1) is 12.1. The van der Waals surface area contributed by atoms with Gasteiger partial charge < -0.3 is 9.47 Å². The second kappa shape index (κ2) is 9.20. The standard InChI is InChI=1S/C12H7F4I3O7S/c13-11(12(14,15)16,4-27(22,23)24)26-8(20)3-25-10(21)6-1-5(17)2-7(18)9(6)19/h1-2H,3-4H2,(H,22,23,24). The Kier molecular flexibility index (Phi) is 8.52. The highest BCUT2D eigenvalue weighted by atomic mass is 127. The molecule has 0 heterocycles. The summed E-state index contributed by atoms with van der Waals surface area (Å²) >= 11 is 5.63. The topological polar surface area (TPSA) is 107 Å². The molecule has 0 saturated carbocycles. The molecule has 152 valence electrons. The van der Waals surface area contributed by atoms with E-state index in [1.54, 1.807) is 6.07 Å². The minimum Gasteiger partial charge on any atom is -0.450 e. The predicted molar refractivity (Wildman–Crippen MR) is 107 cm³/mol. The third kappa shape index (κ3) is 7.38. The number of ether oxygens (including phenoxy) is 2. The summed E-state index contributed by atoms with van der Waals surface area (Å²) in [5, 5.41) is 0. The van der Waals surface area contributed by atoms with Crippen molar-refractivity contribution in [3.63, 3.8) is 0 Å². The summed E-state index contributed by atoms with van der Waals surface area (Å²) in [5.74, 6) is -10.6. The second-order valence-electron chi connectivity index (χ2n) is 4.75. The summed E-state index contributed by atoms with van der Waals surface area (Å²) in [6, 6.07) is 3.12. The van der Waals surface area contributed by atoms with Gasteiger partial charge in [0, 0.05) is 10.7 Å². The molecule has 0 spiro atoms. The molecule has 1 aromatic carbocycles. The van der Waals surface area contributed by atoms with Crippen LogP contribution in [0, 0.1) is 10.7 Å². The van der Waals surface area contributed by atoms with E-state index in [-0.39, 0.29) is 5.56 Å². The van der Waals surface area contributed by atoms with E-state index >= 15 is 0 Å². The minimum atomic E-state index is -5.95. The van der Waals surface area contributed by atoms with Crippen LogP contribution in [0.3, 0.4) is 0 Å². The fourth-order valence-electron chi connectivity index (χ4n) is 1.52. The van der Waals surface area contributed by atoms with Crippen molar-refractivity contribution in [2.24, 2.45) is 0 Å². The van der Waals surface area contributed by atoms with Crippen LogP contribution >= 0.6 is 67.8 Å². The SMILES string of the molecule is O=C(COC(=O)c1cc(I)cc(I)c1I)OC(F)(CS(=O)(=O)O)C(F)(F)F. The van der Waals surface area contributed by atoms with E-state index in [4.69, 9.17) is 4.55 Å². The van der Waals surface area contributed by atoms with Crippen molar-refractivity contribution < 1.29 is 49.6 Å². The Hall–Kier alpha value is -0.0200. The molecule has 0 bridgehead atoms. The average Bonchev–Trinajstić information content (AvgIpc) is 2.45. The van der Waals surface area contributed by atoms with Crippen LogP contribution in [0.2, 0.25) is 0 Å². The lowest BCUT2D eigenvalue weighted by molar-refractivity contribution is -0.311. The Morgan fingerprint density at radius 1 is 1.11 bits per heavy atom. The third-order valence-electron chi connectivity index (χ3n) is 2.60. The van der Waals surface area contributed by atoms with Gasteiger partial charge in [-0.1, -0.05) is 0 Å². The fourth-order valence-corrected chi connectivity index (χ4v) is 4.59. The highest BCUT2D eigenvalue weighted by Crippen LogP contribution is 2.36. The van der Waals surface area contributed by atoms with Gasteiger partial charge in [0.25, 0.3) is 10.1 Å². The molecule has 1 N–H and O–H groups in total. The van der Waals surface area contributed by atoms with Crippen LogP contribution in [-0.4, -0.2) is 49.3 Å². The zero-order chi connectivity index (χ0) is 21.2. The maximum absolute atomic E-state index is 13.8. The minimum absolute atomic E-state index is 0.0139. The first-order valence-corrected chi connectivity index (χ1v) is 11.1. The molecule has 0 radical (unpaired) electrons. The van der Waals surface area contributed by atoms with Gasteiger partial charge in [-0.2, -0.15) is 26.0 Å². The fraction of sp³-hybridized carbons (Fsp3) is 0.333. The number of carbonyl (C=O) groups excluding carboxylic acids is 2. The highest BCUT2D eigenvalue weighted by molar-refractivity contribution is 14.1. The summed E-state index contributed by atoms with van der Waals surface area (Å²) in [7, 11) is -5.48. The maximum Gasteiger partial charge on any atom is 0.461 e. The van der Waals surface area contributed by atoms with Gasteiger partial charge >= 0.3 is 24.0 Å². The first-order valence-electron chi connectivity index (χ1n) is 6.30. The number of halogens is 7. The lowest BCUT2D eigenvalue weighted by Crippen LogP contribution is -2.50. The van der Waals surface area contributed by atoms with Crippen molar-refractivity contribution in [2.75, 3.05) is 12.4 Å². The summed E-state index contributed by atoms with van der Waals surface area (Å²) in [5.41, 5.74) is 0.0139. The lowest BCUT2D eigenvalue weighted by atomic mass is 10.2. The van der Waals surface area contributed by atoms with Gasteiger partial charge in [0.05, 0.1) is 5.56 Å². The largest absolute Gasteiger partial charge is 0.461 e. The van der Waals surface area contributed by atoms with E-state index in [1.165, 1.54) is 6.07 Å². The molecule has 0 aliphatic heterocycles. The quantitative estimate of drug-likeness (QED) is 0.156. The Labute approximate surface area is 190 Å². The number of alkyl halides is 4. The first kappa shape index (κ1) is 25.0. The van der Waals surface area contributed by atoms with Crippen LogP contribution in [-0.2, 0) is 24.4 Å². The van der Waals surface area contributed by atoms with E-state index in [9.17, 15) is 35.6 Å². The van der Waals surface area contributed by atoms with Crippen LogP contribution in [0.4, 0.5) is 17.6 Å². The molecule has 0 aromatic heterocycles. The molecule has 0 amide bonds. The van der Waals surface area contributed by atoms with Crippen molar-refractivity contribution in [3.05, 3.63) is 28.4 Å². The number of benzene rings is 1. The zero-order valence-electron chi connectivity index (χ0n) is 12.5. The molecule has 7 nitrogen and oxygen atoms in total. The van der Waals surface area contributed by atoms with Crippen LogP contribution in [0.15, 0.2) is 12.1 Å². The van der Waals surface area contributed by atoms with Crippen LogP contribution in [0.25, 0.3) is 0 Å². The summed E-state index contributed by atoms with van der Waals surface area (Å²) in [4.78, 5) is 23.4. The lowest BCUT2D eigenvalue weighted by Gasteiger charge is -2.26. The third-order valence-corrected chi connectivity index (χ3v) is 7.00. The van der Waals surface area contributed by atoms with Gasteiger partial charge in [0.1, 0.15) is 0 Å². The molecule has 1 rings (SSSR count). The van der Waals surface area contributed by atoms with Crippen molar-refractivity contribution in [1.29, 1.82) is 0 Å². The Morgan fingerprint density at radius 3 is 2.15 bits per heavy atom. The number of carbonyl (C=O) groups is 2. The smallest absolute Gasteiger partial charge is 0.450 e. The summed E-state index contributed by atoms with van der Waals surface area (Å²) in [6.45, 7) is -1.41. The monoisotopic (exact) mass is 752 g/mol. The Balaban J connectivity index is 2.88. The normalized spacial score (nSPS) is 14.4. The van der Waals surface area contributed by atoms with E-state index < -0.39 is 46.4 Å². The van der Waals surface area contributed by atoms with Gasteiger partial charge in [-0.05, 0) is 79.9 Å². The van der Waals surface area contributed by atoms with E-state index in [1.807, 2.05) is 67.8 Å². The molecular formula is C12H7F4I3O7S. The molecule has 0 saturated heterocycles. The summed E-state index contributed by atoms with van der Waals surface area (Å²) in [6.07, 6.45) is -5.95. The van der Waals surface area contributed by atoms with Crippen molar-refractivity contribution in [3.8, 4) is 0 Å². The number of esters is 2. The molecule has 1 aromatic rings. The predicted octanol–water partition coefficient (Wildman–Crippen LogP) is 3.32. The van der Waals surface area contributed by atoms with Crippen molar-refractivity contribution in [1.82, 2.24) is 0 Å². The molecule has 0 aliphatic rings. The van der Waals surface area contributed by atoms with Gasteiger partial charge in [0.2, 0.25) is 0 Å². The van der Waals surface area contributed by atoms with Crippen LogP contribution in [0.5, 0.6) is 0 Å². The highest BCUT2D eigenvalue weighted by Gasteiger charge is 2.62. The van der Waals surface area contributed by atoms with Crippen molar-refractivity contribution >= 4 is 89.8 Å². The van der Waals surface area contributed by atoms with Crippen molar-refractivity contribution in [2.45, 2.75) is 12.0 Å². The Morgan fingerprint density at radius 2 is 1.67 bits per heavy atom. The number of hydrogen-bond acceptors (Lipinski definition) is 6. The number of hydrogen-bond donors (Lipinski definition) is 1. The zero-order valence-corrected chi connectivity index (χ0v) is 19.8.